The average molecular weight is 543 g/mol. The lowest BCUT2D eigenvalue weighted by atomic mass is 10.0. The van der Waals surface area contributed by atoms with Crippen molar-refractivity contribution < 1.29 is 4.79 Å². The molecule has 2 aliphatic rings. The molecular weight excluding hydrogens is 522 g/mol. The second-order valence-corrected chi connectivity index (χ2v) is 9.34. The molecule has 0 aromatic heterocycles. The molecule has 8 heteroatoms. The SMILES string of the molecule is O=C(NN1CCCCC1)C1=NN(c2ccc(Cl)cc2Cl)C(c2ccc(I)cc2)C1. The monoisotopic (exact) mass is 542 g/mol. The Bertz CT molecular complexity index is 929. The van der Waals surface area contributed by atoms with E-state index in [1.54, 1.807) is 12.1 Å². The summed E-state index contributed by atoms with van der Waals surface area (Å²) in [6.07, 6.45) is 3.93. The van der Waals surface area contributed by atoms with Gasteiger partial charge in [0.1, 0.15) is 5.71 Å². The highest BCUT2D eigenvalue weighted by molar-refractivity contribution is 14.1. The van der Waals surface area contributed by atoms with Crippen LogP contribution in [0.4, 0.5) is 5.69 Å². The van der Waals surface area contributed by atoms with Gasteiger partial charge in [0.25, 0.3) is 5.91 Å². The summed E-state index contributed by atoms with van der Waals surface area (Å²) in [5.41, 5.74) is 5.34. The molecule has 1 fully saturated rings. The summed E-state index contributed by atoms with van der Waals surface area (Å²) in [5, 5.41) is 9.58. The average Bonchev–Trinajstić information content (AvgIpc) is 3.14. The number of benzene rings is 2. The van der Waals surface area contributed by atoms with Crippen molar-refractivity contribution in [2.24, 2.45) is 5.10 Å². The number of amides is 1. The van der Waals surface area contributed by atoms with Crippen LogP contribution in [0, 0.1) is 3.57 Å². The number of carbonyl (C=O) groups is 1. The van der Waals surface area contributed by atoms with E-state index >= 15 is 0 Å². The van der Waals surface area contributed by atoms with E-state index in [0.29, 0.717) is 22.2 Å². The van der Waals surface area contributed by atoms with Crippen LogP contribution in [0.15, 0.2) is 47.6 Å². The number of halogens is 3. The molecule has 1 amide bonds. The number of hydrogen-bond donors (Lipinski definition) is 1. The second kappa shape index (κ2) is 9.20. The summed E-state index contributed by atoms with van der Waals surface area (Å²) < 4.78 is 1.16. The quantitative estimate of drug-likeness (QED) is 0.525. The number of nitrogens with zero attached hydrogens (tertiary/aromatic N) is 3. The summed E-state index contributed by atoms with van der Waals surface area (Å²) in [7, 11) is 0. The summed E-state index contributed by atoms with van der Waals surface area (Å²) in [6.45, 7) is 1.76. The molecule has 29 heavy (non-hydrogen) atoms. The number of rotatable bonds is 4. The second-order valence-electron chi connectivity index (χ2n) is 7.25. The van der Waals surface area contributed by atoms with Crippen LogP contribution >= 0.6 is 45.8 Å². The van der Waals surface area contributed by atoms with E-state index in [0.717, 1.165) is 40.8 Å². The summed E-state index contributed by atoms with van der Waals surface area (Å²) in [6, 6.07) is 13.5. The Morgan fingerprint density at radius 3 is 2.48 bits per heavy atom. The van der Waals surface area contributed by atoms with Crippen molar-refractivity contribution in [3.05, 3.63) is 61.6 Å². The minimum absolute atomic E-state index is 0.104. The lowest BCUT2D eigenvalue weighted by Crippen LogP contribution is -2.47. The van der Waals surface area contributed by atoms with E-state index in [1.165, 1.54) is 6.42 Å². The van der Waals surface area contributed by atoms with Crippen LogP contribution in [-0.2, 0) is 4.79 Å². The van der Waals surface area contributed by atoms with E-state index in [1.807, 2.05) is 16.1 Å². The zero-order valence-electron chi connectivity index (χ0n) is 15.7. The van der Waals surface area contributed by atoms with Crippen LogP contribution in [0.3, 0.4) is 0 Å². The van der Waals surface area contributed by atoms with Crippen LogP contribution in [0.5, 0.6) is 0 Å². The highest BCUT2D eigenvalue weighted by Crippen LogP contribution is 2.39. The Labute approximate surface area is 194 Å². The van der Waals surface area contributed by atoms with Crippen LogP contribution in [0.25, 0.3) is 0 Å². The van der Waals surface area contributed by atoms with Crippen molar-refractivity contribution in [3.63, 3.8) is 0 Å². The maximum Gasteiger partial charge on any atom is 0.281 e. The molecule has 0 aliphatic carbocycles. The van der Waals surface area contributed by atoms with E-state index in [9.17, 15) is 4.79 Å². The first-order valence-electron chi connectivity index (χ1n) is 9.64. The Morgan fingerprint density at radius 2 is 1.79 bits per heavy atom. The molecule has 0 bridgehead atoms. The first-order chi connectivity index (χ1) is 14.0. The van der Waals surface area contributed by atoms with Crippen molar-refractivity contribution in [2.45, 2.75) is 31.7 Å². The predicted octanol–water partition coefficient (Wildman–Crippen LogP) is 5.42. The molecule has 2 aliphatic heterocycles. The molecule has 5 nitrogen and oxygen atoms in total. The van der Waals surface area contributed by atoms with E-state index in [4.69, 9.17) is 23.2 Å². The number of carbonyl (C=O) groups excluding carboxylic acids is 1. The number of anilines is 1. The molecule has 1 saturated heterocycles. The number of hydrazine groups is 1. The highest BCUT2D eigenvalue weighted by Gasteiger charge is 2.34. The van der Waals surface area contributed by atoms with Gasteiger partial charge in [-0.25, -0.2) is 5.01 Å². The van der Waals surface area contributed by atoms with E-state index in [2.05, 4.69) is 57.4 Å². The van der Waals surface area contributed by atoms with Gasteiger partial charge in [-0.2, -0.15) is 5.10 Å². The van der Waals surface area contributed by atoms with Crippen molar-refractivity contribution in [3.8, 4) is 0 Å². The van der Waals surface area contributed by atoms with E-state index in [-0.39, 0.29) is 11.9 Å². The smallest absolute Gasteiger partial charge is 0.281 e. The van der Waals surface area contributed by atoms with Gasteiger partial charge >= 0.3 is 0 Å². The fourth-order valence-electron chi connectivity index (χ4n) is 3.69. The lowest BCUT2D eigenvalue weighted by Gasteiger charge is -2.26. The Kier molecular flexibility index (Phi) is 6.63. The third kappa shape index (κ3) is 4.87. The maximum atomic E-state index is 12.9. The molecular formula is C21H21Cl2IN4O. The standard InChI is InChI=1S/C21H21Cl2IN4O/c22-15-6-9-19(17(23)12-15)28-20(14-4-7-16(24)8-5-14)13-18(25-28)21(29)26-27-10-2-1-3-11-27/h4-9,12,20H,1-3,10-11,13H2,(H,26,29). The van der Waals surface area contributed by atoms with Gasteiger partial charge < -0.3 is 0 Å². The highest BCUT2D eigenvalue weighted by atomic mass is 127. The van der Waals surface area contributed by atoms with Gasteiger partial charge in [0.2, 0.25) is 0 Å². The normalized spacial score (nSPS) is 19.9. The minimum Gasteiger partial charge on any atom is -0.284 e. The molecule has 1 unspecified atom stereocenters. The zero-order chi connectivity index (χ0) is 20.4. The van der Waals surface area contributed by atoms with Crippen LogP contribution in [-0.4, -0.2) is 29.7 Å². The molecule has 2 heterocycles. The minimum atomic E-state index is -0.144. The lowest BCUT2D eigenvalue weighted by molar-refractivity contribution is -0.119. The third-order valence-electron chi connectivity index (χ3n) is 5.20. The molecule has 0 radical (unpaired) electrons. The van der Waals surface area contributed by atoms with E-state index < -0.39 is 0 Å². The summed E-state index contributed by atoms with van der Waals surface area (Å²) in [4.78, 5) is 12.9. The van der Waals surface area contributed by atoms with Gasteiger partial charge in [0.05, 0.1) is 16.8 Å². The van der Waals surface area contributed by atoms with Gasteiger partial charge in [-0.05, 0) is 71.3 Å². The maximum absolute atomic E-state index is 12.9. The van der Waals surface area contributed by atoms with Crippen molar-refractivity contribution in [1.82, 2.24) is 10.4 Å². The molecule has 4 rings (SSSR count). The Balaban J connectivity index is 1.62. The zero-order valence-corrected chi connectivity index (χ0v) is 19.4. The first-order valence-corrected chi connectivity index (χ1v) is 11.5. The van der Waals surface area contributed by atoms with Gasteiger partial charge in [0, 0.05) is 28.1 Å². The Hall–Kier alpha value is -1.35. The van der Waals surface area contributed by atoms with Crippen LogP contribution in [0.2, 0.25) is 10.0 Å². The number of piperidine rings is 1. The molecule has 1 atom stereocenters. The third-order valence-corrected chi connectivity index (χ3v) is 6.46. The van der Waals surface area contributed by atoms with Gasteiger partial charge in [0.15, 0.2) is 0 Å². The van der Waals surface area contributed by atoms with Gasteiger partial charge in [-0.15, -0.1) is 0 Å². The van der Waals surface area contributed by atoms with Crippen molar-refractivity contribution >= 4 is 63.1 Å². The fraction of sp³-hybridized carbons (Fsp3) is 0.333. The topological polar surface area (TPSA) is 47.9 Å². The first kappa shape index (κ1) is 20.9. The molecule has 0 saturated carbocycles. The number of nitrogens with one attached hydrogen (secondary N) is 1. The molecule has 2 aromatic carbocycles. The van der Waals surface area contributed by atoms with Crippen LogP contribution < -0.4 is 10.4 Å². The largest absolute Gasteiger partial charge is 0.284 e. The summed E-state index contributed by atoms with van der Waals surface area (Å²) in [5.74, 6) is -0.144. The van der Waals surface area contributed by atoms with Crippen molar-refractivity contribution in [1.29, 1.82) is 0 Å². The van der Waals surface area contributed by atoms with Crippen LogP contribution in [0.1, 0.15) is 37.3 Å². The molecule has 152 valence electrons. The van der Waals surface area contributed by atoms with Gasteiger partial charge in [-0.1, -0.05) is 41.8 Å². The molecule has 1 N–H and O–H groups in total. The van der Waals surface area contributed by atoms with Gasteiger partial charge in [-0.3, -0.25) is 15.2 Å². The van der Waals surface area contributed by atoms with Crippen molar-refractivity contribution in [2.75, 3.05) is 18.1 Å². The molecule has 0 spiro atoms. The number of hydrazone groups is 1. The molecule has 2 aromatic rings. The fourth-order valence-corrected chi connectivity index (χ4v) is 4.55. The summed E-state index contributed by atoms with van der Waals surface area (Å²) >= 11 is 14.8. The number of hydrogen-bond acceptors (Lipinski definition) is 4. The predicted molar refractivity (Wildman–Crippen MR) is 126 cm³/mol. The Morgan fingerprint density at radius 1 is 1.07 bits per heavy atom.